The molecule has 23 heavy (non-hydrogen) atoms. The third-order valence-corrected chi connectivity index (χ3v) is 4.52. The van der Waals surface area contributed by atoms with Crippen molar-refractivity contribution in [2.45, 2.75) is 39.0 Å². The van der Waals surface area contributed by atoms with Crippen LogP contribution in [0.1, 0.15) is 29.5 Å². The van der Waals surface area contributed by atoms with Crippen LogP contribution >= 0.6 is 15.9 Å². The van der Waals surface area contributed by atoms with Crippen LogP contribution in [0.15, 0.2) is 40.9 Å². The molecule has 0 aromatic heterocycles. The fourth-order valence-corrected chi connectivity index (χ4v) is 3.13. The van der Waals surface area contributed by atoms with Crippen molar-refractivity contribution in [3.8, 4) is 11.5 Å². The third kappa shape index (κ3) is 4.49. The molecule has 1 aliphatic carbocycles. The van der Waals surface area contributed by atoms with Gasteiger partial charge in [-0.1, -0.05) is 29.8 Å². The molecule has 0 spiro atoms. The third-order valence-electron chi connectivity index (χ3n) is 3.93. The molecular weight excluding hydrogens is 354 g/mol. The number of hydrogen-bond donors (Lipinski definition) is 1. The summed E-state index contributed by atoms with van der Waals surface area (Å²) in [5, 5.41) is 3.52. The maximum Gasteiger partial charge on any atom is 0.175 e. The van der Waals surface area contributed by atoms with Crippen LogP contribution in [0, 0.1) is 6.92 Å². The summed E-state index contributed by atoms with van der Waals surface area (Å²) in [5.74, 6) is 1.52. The minimum Gasteiger partial charge on any atom is -0.493 e. The van der Waals surface area contributed by atoms with Crippen molar-refractivity contribution in [2.24, 2.45) is 0 Å². The first-order valence-electron chi connectivity index (χ1n) is 7.94. The van der Waals surface area contributed by atoms with Crippen LogP contribution in [0.5, 0.6) is 11.5 Å². The Morgan fingerprint density at radius 1 is 1.17 bits per heavy atom. The van der Waals surface area contributed by atoms with E-state index in [4.69, 9.17) is 9.47 Å². The van der Waals surface area contributed by atoms with Crippen molar-refractivity contribution >= 4 is 15.9 Å². The summed E-state index contributed by atoms with van der Waals surface area (Å²) < 4.78 is 12.4. The Balaban J connectivity index is 1.72. The van der Waals surface area contributed by atoms with Gasteiger partial charge >= 0.3 is 0 Å². The molecule has 0 bridgehead atoms. The number of aryl methyl sites for hydroxylation is 1. The molecule has 1 aliphatic rings. The van der Waals surface area contributed by atoms with Gasteiger partial charge in [-0.25, -0.2) is 0 Å². The quantitative estimate of drug-likeness (QED) is 0.766. The van der Waals surface area contributed by atoms with Gasteiger partial charge in [0, 0.05) is 12.6 Å². The summed E-state index contributed by atoms with van der Waals surface area (Å²) in [6, 6.07) is 13.2. The molecule has 1 fully saturated rings. The topological polar surface area (TPSA) is 30.5 Å². The highest BCUT2D eigenvalue weighted by molar-refractivity contribution is 9.10. The summed E-state index contributed by atoms with van der Waals surface area (Å²) in [6.07, 6.45) is 2.58. The molecule has 2 aromatic rings. The molecular formula is C19H22BrNO2. The number of rotatable bonds is 7. The molecule has 1 N–H and O–H groups in total. The first-order chi connectivity index (χ1) is 11.2. The predicted octanol–water partition coefficient (Wildman–Crippen LogP) is 4.60. The monoisotopic (exact) mass is 375 g/mol. The van der Waals surface area contributed by atoms with Gasteiger partial charge in [-0.3, -0.25) is 0 Å². The predicted molar refractivity (Wildman–Crippen MR) is 96.1 cm³/mol. The Bertz CT molecular complexity index is 683. The van der Waals surface area contributed by atoms with Crippen LogP contribution in [-0.4, -0.2) is 13.2 Å². The molecule has 0 amide bonds. The Morgan fingerprint density at radius 3 is 2.70 bits per heavy atom. The van der Waals surface area contributed by atoms with Gasteiger partial charge in [0.05, 0.1) is 11.6 Å². The molecule has 0 saturated heterocycles. The van der Waals surface area contributed by atoms with E-state index >= 15 is 0 Å². The average molecular weight is 376 g/mol. The molecule has 1 saturated carbocycles. The van der Waals surface area contributed by atoms with Crippen LogP contribution < -0.4 is 14.8 Å². The Hall–Kier alpha value is -1.52. The summed E-state index contributed by atoms with van der Waals surface area (Å²) in [6.45, 7) is 3.47. The highest BCUT2D eigenvalue weighted by Crippen LogP contribution is 2.37. The zero-order valence-corrected chi connectivity index (χ0v) is 15.2. The molecule has 3 rings (SSSR count). The van der Waals surface area contributed by atoms with Gasteiger partial charge in [0.25, 0.3) is 0 Å². The van der Waals surface area contributed by atoms with E-state index in [1.54, 1.807) is 7.11 Å². The normalized spacial score (nSPS) is 13.9. The van der Waals surface area contributed by atoms with E-state index < -0.39 is 0 Å². The molecule has 2 aromatic carbocycles. The lowest BCUT2D eigenvalue weighted by Crippen LogP contribution is -2.15. The van der Waals surface area contributed by atoms with Crippen LogP contribution in [0.4, 0.5) is 0 Å². The first kappa shape index (κ1) is 16.3. The molecule has 0 unspecified atom stereocenters. The van der Waals surface area contributed by atoms with E-state index in [9.17, 15) is 0 Å². The van der Waals surface area contributed by atoms with E-state index in [2.05, 4.69) is 52.4 Å². The Morgan fingerprint density at radius 2 is 2.00 bits per heavy atom. The van der Waals surface area contributed by atoms with Gasteiger partial charge in [-0.2, -0.15) is 0 Å². The van der Waals surface area contributed by atoms with Gasteiger partial charge in [-0.15, -0.1) is 0 Å². The zero-order valence-electron chi connectivity index (χ0n) is 13.6. The van der Waals surface area contributed by atoms with Crippen molar-refractivity contribution in [3.05, 3.63) is 57.6 Å². The van der Waals surface area contributed by atoms with Gasteiger partial charge in [0.15, 0.2) is 11.5 Å². The lowest BCUT2D eigenvalue weighted by atomic mass is 10.1. The molecule has 4 heteroatoms. The number of benzene rings is 2. The summed E-state index contributed by atoms with van der Waals surface area (Å²) in [4.78, 5) is 0. The van der Waals surface area contributed by atoms with Crippen LogP contribution in [0.2, 0.25) is 0 Å². The van der Waals surface area contributed by atoms with Gasteiger partial charge in [-0.05, 0) is 59.0 Å². The van der Waals surface area contributed by atoms with Gasteiger partial charge in [0.1, 0.15) is 6.61 Å². The van der Waals surface area contributed by atoms with Crippen molar-refractivity contribution in [1.29, 1.82) is 0 Å². The second kappa shape index (κ2) is 7.37. The Kier molecular flexibility index (Phi) is 5.23. The smallest absolute Gasteiger partial charge is 0.175 e. The summed E-state index contributed by atoms with van der Waals surface area (Å²) >= 11 is 3.62. The zero-order chi connectivity index (χ0) is 16.2. The molecule has 0 heterocycles. The van der Waals surface area contributed by atoms with Gasteiger partial charge in [0.2, 0.25) is 0 Å². The second-order valence-corrected chi connectivity index (χ2v) is 6.90. The molecule has 3 nitrogen and oxygen atoms in total. The molecule has 0 atom stereocenters. The van der Waals surface area contributed by atoms with Crippen LogP contribution in [0.3, 0.4) is 0 Å². The lowest BCUT2D eigenvalue weighted by molar-refractivity contribution is 0.282. The summed E-state index contributed by atoms with van der Waals surface area (Å²) in [5.41, 5.74) is 3.58. The number of methoxy groups -OCH3 is 1. The molecule has 0 radical (unpaired) electrons. The number of halogens is 1. The van der Waals surface area contributed by atoms with Crippen LogP contribution in [0.25, 0.3) is 0 Å². The van der Waals surface area contributed by atoms with Crippen molar-refractivity contribution in [3.63, 3.8) is 0 Å². The highest BCUT2D eigenvalue weighted by Gasteiger charge is 2.20. The van der Waals surface area contributed by atoms with Gasteiger partial charge < -0.3 is 14.8 Å². The minimum absolute atomic E-state index is 0.524. The maximum atomic E-state index is 6.00. The van der Waals surface area contributed by atoms with E-state index in [0.717, 1.165) is 28.1 Å². The fourth-order valence-electron chi connectivity index (χ4n) is 2.52. The number of hydrogen-bond acceptors (Lipinski definition) is 3. The average Bonchev–Trinajstić information content (AvgIpc) is 3.35. The van der Waals surface area contributed by atoms with E-state index in [1.807, 2.05) is 12.1 Å². The maximum absolute atomic E-state index is 6.00. The molecule has 0 aliphatic heterocycles. The standard InChI is InChI=1S/C19H22BrNO2/c1-13-4-3-5-14(8-13)12-23-19-17(20)9-15(10-18(19)22-2)11-21-16-6-7-16/h3-5,8-10,16,21H,6-7,11-12H2,1-2H3. The Labute approximate surface area is 146 Å². The summed E-state index contributed by atoms with van der Waals surface area (Å²) in [7, 11) is 1.68. The first-order valence-corrected chi connectivity index (χ1v) is 8.73. The van der Waals surface area contributed by atoms with Crippen molar-refractivity contribution in [2.75, 3.05) is 7.11 Å². The lowest BCUT2D eigenvalue weighted by Gasteiger charge is -2.15. The van der Waals surface area contributed by atoms with E-state index in [1.165, 1.54) is 24.0 Å². The number of ether oxygens (including phenoxy) is 2. The van der Waals surface area contributed by atoms with Crippen molar-refractivity contribution in [1.82, 2.24) is 5.32 Å². The SMILES string of the molecule is COc1cc(CNC2CC2)cc(Br)c1OCc1cccc(C)c1. The fraction of sp³-hybridized carbons (Fsp3) is 0.368. The van der Waals surface area contributed by atoms with E-state index in [-0.39, 0.29) is 0 Å². The second-order valence-electron chi connectivity index (χ2n) is 6.04. The van der Waals surface area contributed by atoms with Crippen LogP contribution in [-0.2, 0) is 13.2 Å². The highest BCUT2D eigenvalue weighted by atomic mass is 79.9. The van der Waals surface area contributed by atoms with Crippen molar-refractivity contribution < 1.29 is 9.47 Å². The largest absolute Gasteiger partial charge is 0.493 e. The minimum atomic E-state index is 0.524. The molecule has 122 valence electrons. The van der Waals surface area contributed by atoms with E-state index in [0.29, 0.717) is 12.6 Å². The number of nitrogens with one attached hydrogen (secondary N) is 1.